The molecule has 0 unspecified atom stereocenters. The van der Waals surface area contributed by atoms with Crippen molar-refractivity contribution in [3.05, 3.63) is 60.2 Å². The summed E-state index contributed by atoms with van der Waals surface area (Å²) in [4.78, 5) is 11.9. The Hall–Kier alpha value is -2.54. The highest BCUT2D eigenvalue weighted by molar-refractivity contribution is 7.92. The Kier molecular flexibility index (Phi) is 6.63. The minimum atomic E-state index is -3.45. The number of amides is 2. The SMILES string of the molecule is CC(C)c1ccc(N(CCNC(=O)Nc2ccccc2)S(C)(=O)=O)cc1. The molecule has 2 rings (SSSR count). The van der Waals surface area contributed by atoms with Crippen LogP contribution in [0.2, 0.25) is 0 Å². The summed E-state index contributed by atoms with van der Waals surface area (Å²) >= 11 is 0. The molecule has 2 amide bonds. The number of carbonyl (C=O) groups excluding carboxylic acids is 1. The first-order valence-electron chi connectivity index (χ1n) is 8.45. The number of benzene rings is 2. The van der Waals surface area contributed by atoms with Crippen molar-refractivity contribution in [1.29, 1.82) is 0 Å². The number of nitrogens with one attached hydrogen (secondary N) is 2. The molecule has 140 valence electrons. The summed E-state index contributed by atoms with van der Waals surface area (Å²) in [6.45, 7) is 4.51. The van der Waals surface area contributed by atoms with Gasteiger partial charge in [-0.2, -0.15) is 0 Å². The van der Waals surface area contributed by atoms with Gasteiger partial charge in [-0.3, -0.25) is 4.31 Å². The lowest BCUT2D eigenvalue weighted by Crippen LogP contribution is -2.39. The molecule has 0 aliphatic carbocycles. The molecule has 0 atom stereocenters. The standard InChI is InChI=1S/C19H25N3O3S/c1-15(2)16-9-11-18(12-10-16)22(26(3,24)25)14-13-20-19(23)21-17-7-5-4-6-8-17/h4-12,15H,13-14H2,1-3H3,(H2,20,21,23). The Balaban J connectivity index is 1.97. The molecule has 2 aromatic rings. The van der Waals surface area contributed by atoms with Gasteiger partial charge in [0, 0.05) is 12.2 Å². The van der Waals surface area contributed by atoms with Crippen LogP contribution < -0.4 is 14.9 Å². The predicted octanol–water partition coefficient (Wildman–Crippen LogP) is 3.40. The molecule has 0 aromatic heterocycles. The molecule has 0 aliphatic rings. The maximum atomic E-state index is 12.1. The maximum absolute atomic E-state index is 12.1. The van der Waals surface area contributed by atoms with Crippen LogP contribution in [0.3, 0.4) is 0 Å². The first-order valence-corrected chi connectivity index (χ1v) is 10.3. The van der Waals surface area contributed by atoms with Gasteiger partial charge in [-0.1, -0.05) is 44.2 Å². The number of urea groups is 1. The molecule has 2 N–H and O–H groups in total. The Bertz CT molecular complexity index is 819. The number of hydrogen-bond donors (Lipinski definition) is 2. The van der Waals surface area contributed by atoms with Gasteiger partial charge in [0.1, 0.15) is 0 Å². The van der Waals surface area contributed by atoms with Crippen LogP contribution >= 0.6 is 0 Å². The molecular weight excluding hydrogens is 350 g/mol. The van der Waals surface area contributed by atoms with Gasteiger partial charge >= 0.3 is 6.03 Å². The lowest BCUT2D eigenvalue weighted by molar-refractivity contribution is 0.252. The predicted molar refractivity (Wildman–Crippen MR) is 106 cm³/mol. The molecule has 0 aliphatic heterocycles. The lowest BCUT2D eigenvalue weighted by atomic mass is 10.0. The van der Waals surface area contributed by atoms with Crippen molar-refractivity contribution in [2.24, 2.45) is 0 Å². The molecule has 2 aromatic carbocycles. The van der Waals surface area contributed by atoms with Gasteiger partial charge in [0.15, 0.2) is 0 Å². The summed E-state index contributed by atoms with van der Waals surface area (Å²) in [7, 11) is -3.45. The van der Waals surface area contributed by atoms with E-state index >= 15 is 0 Å². The van der Waals surface area contributed by atoms with Gasteiger partial charge in [0.2, 0.25) is 10.0 Å². The second kappa shape index (κ2) is 8.71. The summed E-state index contributed by atoms with van der Waals surface area (Å²) in [6.07, 6.45) is 1.16. The molecular formula is C19H25N3O3S. The van der Waals surface area contributed by atoms with Crippen molar-refractivity contribution in [3.8, 4) is 0 Å². The molecule has 26 heavy (non-hydrogen) atoms. The fourth-order valence-electron chi connectivity index (χ4n) is 2.48. The number of hydrogen-bond acceptors (Lipinski definition) is 3. The van der Waals surface area contributed by atoms with E-state index < -0.39 is 10.0 Å². The number of nitrogens with zero attached hydrogens (tertiary/aromatic N) is 1. The van der Waals surface area contributed by atoms with Crippen molar-refractivity contribution in [2.45, 2.75) is 19.8 Å². The number of carbonyl (C=O) groups is 1. The number of sulfonamides is 1. The smallest absolute Gasteiger partial charge is 0.319 e. The average Bonchev–Trinajstić information content (AvgIpc) is 2.58. The summed E-state index contributed by atoms with van der Waals surface area (Å²) in [5, 5.41) is 5.37. The van der Waals surface area contributed by atoms with E-state index in [-0.39, 0.29) is 19.1 Å². The largest absolute Gasteiger partial charge is 0.336 e. The summed E-state index contributed by atoms with van der Waals surface area (Å²) in [5.74, 6) is 0.374. The van der Waals surface area contributed by atoms with E-state index in [1.807, 2.05) is 30.3 Å². The van der Waals surface area contributed by atoms with Crippen molar-refractivity contribution in [2.75, 3.05) is 29.0 Å². The van der Waals surface area contributed by atoms with Crippen LogP contribution in [-0.2, 0) is 10.0 Å². The molecule has 0 spiro atoms. The molecule has 0 saturated carbocycles. The first kappa shape index (κ1) is 19.8. The van der Waals surface area contributed by atoms with E-state index in [1.165, 1.54) is 4.31 Å². The molecule has 0 saturated heterocycles. The monoisotopic (exact) mass is 375 g/mol. The van der Waals surface area contributed by atoms with Crippen LogP contribution in [0, 0.1) is 0 Å². The zero-order valence-corrected chi connectivity index (χ0v) is 16.1. The number of rotatable bonds is 7. The zero-order chi connectivity index (χ0) is 19.2. The molecule has 0 heterocycles. The highest BCUT2D eigenvalue weighted by Crippen LogP contribution is 2.21. The van der Waals surface area contributed by atoms with Gasteiger partial charge < -0.3 is 10.6 Å². The van der Waals surface area contributed by atoms with Gasteiger partial charge in [0.05, 0.1) is 18.5 Å². The molecule has 0 radical (unpaired) electrons. The van der Waals surface area contributed by atoms with Gasteiger partial charge in [0.25, 0.3) is 0 Å². The lowest BCUT2D eigenvalue weighted by Gasteiger charge is -2.23. The Morgan fingerprint density at radius 2 is 1.65 bits per heavy atom. The molecule has 0 bridgehead atoms. The van der Waals surface area contributed by atoms with E-state index in [2.05, 4.69) is 24.5 Å². The van der Waals surface area contributed by atoms with Crippen molar-refractivity contribution in [3.63, 3.8) is 0 Å². The zero-order valence-electron chi connectivity index (χ0n) is 15.3. The van der Waals surface area contributed by atoms with Crippen molar-refractivity contribution in [1.82, 2.24) is 5.32 Å². The van der Waals surface area contributed by atoms with Crippen LogP contribution in [0.25, 0.3) is 0 Å². The highest BCUT2D eigenvalue weighted by atomic mass is 32.2. The number of anilines is 2. The van der Waals surface area contributed by atoms with Crippen LogP contribution in [-0.4, -0.2) is 33.8 Å². The molecule has 6 nitrogen and oxygen atoms in total. The Morgan fingerprint density at radius 1 is 1.04 bits per heavy atom. The van der Waals surface area contributed by atoms with E-state index in [9.17, 15) is 13.2 Å². The molecule has 7 heteroatoms. The fraction of sp³-hybridized carbons (Fsp3) is 0.316. The minimum Gasteiger partial charge on any atom is -0.336 e. The van der Waals surface area contributed by atoms with E-state index in [0.717, 1.165) is 11.8 Å². The highest BCUT2D eigenvalue weighted by Gasteiger charge is 2.17. The average molecular weight is 375 g/mol. The van der Waals surface area contributed by atoms with Gasteiger partial charge in [-0.15, -0.1) is 0 Å². The first-order chi connectivity index (χ1) is 12.3. The normalized spacial score (nSPS) is 11.2. The second-order valence-electron chi connectivity index (χ2n) is 6.33. The number of para-hydroxylation sites is 1. The summed E-state index contributed by atoms with van der Waals surface area (Å²) in [6, 6.07) is 16.1. The third-order valence-corrected chi connectivity index (χ3v) is 5.07. The van der Waals surface area contributed by atoms with Crippen molar-refractivity contribution < 1.29 is 13.2 Å². The topological polar surface area (TPSA) is 78.5 Å². The van der Waals surface area contributed by atoms with Crippen LogP contribution in [0.15, 0.2) is 54.6 Å². The van der Waals surface area contributed by atoms with Gasteiger partial charge in [-0.05, 0) is 35.7 Å². The maximum Gasteiger partial charge on any atom is 0.319 e. The Morgan fingerprint density at radius 3 is 2.19 bits per heavy atom. The third kappa shape index (κ3) is 5.77. The van der Waals surface area contributed by atoms with Crippen LogP contribution in [0.1, 0.15) is 25.3 Å². The summed E-state index contributed by atoms with van der Waals surface area (Å²) in [5.41, 5.74) is 2.40. The van der Waals surface area contributed by atoms with E-state index in [4.69, 9.17) is 0 Å². The van der Waals surface area contributed by atoms with E-state index in [0.29, 0.717) is 17.3 Å². The fourth-order valence-corrected chi connectivity index (χ4v) is 3.41. The van der Waals surface area contributed by atoms with Crippen LogP contribution in [0.4, 0.5) is 16.2 Å². The van der Waals surface area contributed by atoms with Crippen molar-refractivity contribution >= 4 is 27.4 Å². The van der Waals surface area contributed by atoms with Gasteiger partial charge in [-0.25, -0.2) is 13.2 Å². The summed E-state index contributed by atoms with van der Waals surface area (Å²) < 4.78 is 25.5. The Labute approximate surface area is 155 Å². The third-order valence-electron chi connectivity index (χ3n) is 3.88. The van der Waals surface area contributed by atoms with E-state index in [1.54, 1.807) is 24.3 Å². The minimum absolute atomic E-state index is 0.155. The van der Waals surface area contributed by atoms with Crippen LogP contribution in [0.5, 0.6) is 0 Å². The second-order valence-corrected chi connectivity index (χ2v) is 8.24. The quantitative estimate of drug-likeness (QED) is 0.778. The molecule has 0 fully saturated rings.